The molecule has 0 spiro atoms. The van der Waals surface area contributed by atoms with Gasteiger partial charge in [0, 0.05) is 5.54 Å². The summed E-state index contributed by atoms with van der Waals surface area (Å²) in [6, 6.07) is 0. The second-order valence-corrected chi connectivity index (χ2v) is 8.61. The molecule has 0 fully saturated rings. The number of hydrogen-bond acceptors (Lipinski definition) is 1. The topological polar surface area (TPSA) is 3.24 Å². The molecular formula is C24H51N. The van der Waals surface area contributed by atoms with E-state index in [2.05, 4.69) is 39.8 Å². The van der Waals surface area contributed by atoms with Crippen LogP contribution in [-0.4, -0.2) is 24.5 Å². The van der Waals surface area contributed by atoms with Crippen molar-refractivity contribution in [2.75, 3.05) is 14.1 Å². The molecule has 152 valence electrons. The lowest BCUT2D eigenvalue weighted by atomic mass is 9.80. The van der Waals surface area contributed by atoms with Gasteiger partial charge in [-0.15, -0.1) is 0 Å². The molecule has 1 heteroatoms. The minimum absolute atomic E-state index is 0.477. The first-order valence-electron chi connectivity index (χ1n) is 11.8. The second kappa shape index (κ2) is 17.4. The Morgan fingerprint density at radius 3 is 1.04 bits per heavy atom. The molecule has 0 aliphatic carbocycles. The first-order chi connectivity index (χ1) is 12.1. The van der Waals surface area contributed by atoms with Gasteiger partial charge in [-0.25, -0.2) is 0 Å². The molecule has 25 heavy (non-hydrogen) atoms. The van der Waals surface area contributed by atoms with Crippen LogP contribution in [0.1, 0.15) is 136 Å². The van der Waals surface area contributed by atoms with Crippen LogP contribution in [0.3, 0.4) is 0 Å². The van der Waals surface area contributed by atoms with Gasteiger partial charge in [0.25, 0.3) is 0 Å². The van der Waals surface area contributed by atoms with Crippen LogP contribution >= 0.6 is 0 Å². The number of nitrogens with zero attached hydrogens (tertiary/aromatic N) is 1. The highest BCUT2D eigenvalue weighted by atomic mass is 15.1. The number of hydrogen-bond donors (Lipinski definition) is 0. The Kier molecular flexibility index (Phi) is 17.3. The van der Waals surface area contributed by atoms with Gasteiger partial charge < -0.3 is 4.90 Å². The number of unbranched alkanes of at least 4 members (excludes halogenated alkanes) is 12. The molecule has 0 saturated carbocycles. The SMILES string of the molecule is CCCCCCCCCC(CCCCCC)(CCCCCC)N(C)C. The summed E-state index contributed by atoms with van der Waals surface area (Å²) < 4.78 is 0. The summed E-state index contributed by atoms with van der Waals surface area (Å²) in [7, 11) is 4.70. The van der Waals surface area contributed by atoms with E-state index in [1.165, 1.54) is 116 Å². The molecule has 0 bridgehead atoms. The maximum atomic E-state index is 2.60. The van der Waals surface area contributed by atoms with Crippen LogP contribution in [0.4, 0.5) is 0 Å². The summed E-state index contributed by atoms with van der Waals surface area (Å²) in [5, 5.41) is 0. The van der Waals surface area contributed by atoms with E-state index in [1.807, 2.05) is 0 Å². The average molecular weight is 354 g/mol. The normalized spacial score (nSPS) is 12.2. The summed E-state index contributed by atoms with van der Waals surface area (Å²) in [5.74, 6) is 0. The third-order valence-electron chi connectivity index (χ3n) is 6.19. The Hall–Kier alpha value is -0.0400. The van der Waals surface area contributed by atoms with E-state index in [0.717, 1.165) is 0 Å². The van der Waals surface area contributed by atoms with Crippen molar-refractivity contribution in [1.82, 2.24) is 4.90 Å². The van der Waals surface area contributed by atoms with Crippen molar-refractivity contribution < 1.29 is 0 Å². The Balaban J connectivity index is 4.38. The highest BCUT2D eigenvalue weighted by molar-refractivity contribution is 4.88. The lowest BCUT2D eigenvalue weighted by molar-refractivity contribution is 0.104. The molecule has 1 nitrogen and oxygen atoms in total. The van der Waals surface area contributed by atoms with Crippen LogP contribution < -0.4 is 0 Å². The van der Waals surface area contributed by atoms with Gasteiger partial charge in [-0.05, 0) is 33.4 Å². The summed E-state index contributed by atoms with van der Waals surface area (Å²) in [6.07, 6.45) is 25.5. The maximum absolute atomic E-state index is 2.60. The molecule has 0 N–H and O–H groups in total. The standard InChI is InChI=1S/C24H51N/c1-6-9-12-15-16-17-20-23-24(25(4)5,21-18-13-10-7-2)22-19-14-11-8-3/h6-23H2,1-5H3. The third-order valence-corrected chi connectivity index (χ3v) is 6.19. The molecule has 0 rings (SSSR count). The van der Waals surface area contributed by atoms with Gasteiger partial charge in [0.05, 0.1) is 0 Å². The zero-order valence-corrected chi connectivity index (χ0v) is 18.7. The molecule has 0 aromatic rings. The number of rotatable bonds is 19. The van der Waals surface area contributed by atoms with E-state index in [9.17, 15) is 0 Å². The summed E-state index contributed by atoms with van der Waals surface area (Å²) >= 11 is 0. The van der Waals surface area contributed by atoms with Gasteiger partial charge in [-0.1, -0.05) is 117 Å². The Morgan fingerprint density at radius 1 is 0.440 bits per heavy atom. The lowest BCUT2D eigenvalue weighted by Gasteiger charge is -2.41. The van der Waals surface area contributed by atoms with Gasteiger partial charge in [0.2, 0.25) is 0 Å². The second-order valence-electron chi connectivity index (χ2n) is 8.61. The van der Waals surface area contributed by atoms with Crippen molar-refractivity contribution in [1.29, 1.82) is 0 Å². The maximum Gasteiger partial charge on any atom is 0.0203 e. The highest BCUT2D eigenvalue weighted by Gasteiger charge is 2.30. The molecule has 0 radical (unpaired) electrons. The van der Waals surface area contributed by atoms with Crippen molar-refractivity contribution in [2.45, 2.75) is 142 Å². The molecule has 0 aromatic carbocycles. The fraction of sp³-hybridized carbons (Fsp3) is 1.00. The first-order valence-corrected chi connectivity index (χ1v) is 11.8. The van der Waals surface area contributed by atoms with Gasteiger partial charge in [0.15, 0.2) is 0 Å². The average Bonchev–Trinajstić information content (AvgIpc) is 2.60. The highest BCUT2D eigenvalue weighted by Crippen LogP contribution is 2.33. The lowest BCUT2D eigenvalue weighted by Crippen LogP contribution is -2.44. The van der Waals surface area contributed by atoms with Gasteiger partial charge in [-0.3, -0.25) is 0 Å². The van der Waals surface area contributed by atoms with Crippen molar-refractivity contribution in [3.63, 3.8) is 0 Å². The quantitative estimate of drug-likeness (QED) is 0.211. The van der Waals surface area contributed by atoms with Crippen LogP contribution in [-0.2, 0) is 0 Å². The molecule has 0 heterocycles. The van der Waals surface area contributed by atoms with Crippen molar-refractivity contribution in [3.05, 3.63) is 0 Å². The zero-order valence-electron chi connectivity index (χ0n) is 18.7. The van der Waals surface area contributed by atoms with Crippen LogP contribution in [0, 0.1) is 0 Å². The van der Waals surface area contributed by atoms with Crippen molar-refractivity contribution >= 4 is 0 Å². The van der Waals surface area contributed by atoms with Crippen molar-refractivity contribution in [2.24, 2.45) is 0 Å². The van der Waals surface area contributed by atoms with E-state index >= 15 is 0 Å². The Bertz CT molecular complexity index is 247. The Morgan fingerprint density at radius 2 is 0.720 bits per heavy atom. The van der Waals surface area contributed by atoms with Crippen LogP contribution in [0.2, 0.25) is 0 Å². The van der Waals surface area contributed by atoms with Crippen LogP contribution in [0.15, 0.2) is 0 Å². The summed E-state index contributed by atoms with van der Waals surface area (Å²) in [6.45, 7) is 6.95. The molecule has 0 unspecified atom stereocenters. The van der Waals surface area contributed by atoms with E-state index in [0.29, 0.717) is 5.54 Å². The van der Waals surface area contributed by atoms with Gasteiger partial charge in [0.1, 0.15) is 0 Å². The van der Waals surface area contributed by atoms with E-state index < -0.39 is 0 Å². The molecule has 0 aliphatic rings. The fourth-order valence-electron chi connectivity index (χ4n) is 4.22. The molecule has 0 aliphatic heterocycles. The molecule has 0 atom stereocenters. The largest absolute Gasteiger partial charge is 0.304 e. The smallest absolute Gasteiger partial charge is 0.0203 e. The van der Waals surface area contributed by atoms with E-state index in [1.54, 1.807) is 0 Å². The minimum Gasteiger partial charge on any atom is -0.304 e. The fourth-order valence-corrected chi connectivity index (χ4v) is 4.22. The predicted molar refractivity (Wildman–Crippen MR) is 117 cm³/mol. The third kappa shape index (κ3) is 12.9. The van der Waals surface area contributed by atoms with Gasteiger partial charge in [-0.2, -0.15) is 0 Å². The van der Waals surface area contributed by atoms with Crippen LogP contribution in [0.5, 0.6) is 0 Å². The van der Waals surface area contributed by atoms with Gasteiger partial charge >= 0.3 is 0 Å². The Labute approximate surface area is 161 Å². The monoisotopic (exact) mass is 353 g/mol. The first kappa shape index (κ1) is 25.0. The van der Waals surface area contributed by atoms with E-state index in [-0.39, 0.29) is 0 Å². The molecule has 0 aromatic heterocycles. The molecule has 0 amide bonds. The zero-order chi connectivity index (χ0) is 18.8. The predicted octanol–water partition coefficient (Wildman–Crippen LogP) is 8.37. The van der Waals surface area contributed by atoms with Crippen molar-refractivity contribution in [3.8, 4) is 0 Å². The van der Waals surface area contributed by atoms with Crippen LogP contribution in [0.25, 0.3) is 0 Å². The molecule has 0 saturated heterocycles. The molecular weight excluding hydrogens is 302 g/mol. The van der Waals surface area contributed by atoms with E-state index in [4.69, 9.17) is 0 Å². The summed E-state index contributed by atoms with van der Waals surface area (Å²) in [5.41, 5.74) is 0.477. The summed E-state index contributed by atoms with van der Waals surface area (Å²) in [4.78, 5) is 2.60. The minimum atomic E-state index is 0.477.